The van der Waals surface area contributed by atoms with Crippen LogP contribution in [0.25, 0.3) is 0 Å². The summed E-state index contributed by atoms with van der Waals surface area (Å²) >= 11 is 0. The monoisotopic (exact) mass is 198 g/mol. The summed E-state index contributed by atoms with van der Waals surface area (Å²) in [4.78, 5) is 0. The van der Waals surface area contributed by atoms with Crippen molar-refractivity contribution in [1.29, 1.82) is 0 Å². The molecular weight excluding hydrogens is 176 g/mol. The van der Waals surface area contributed by atoms with Crippen molar-refractivity contribution in [3.63, 3.8) is 0 Å². The Morgan fingerprint density at radius 2 is 2.14 bits per heavy atom. The van der Waals surface area contributed by atoms with Gasteiger partial charge in [0.15, 0.2) is 6.29 Å². The summed E-state index contributed by atoms with van der Waals surface area (Å²) in [6, 6.07) is 0. The van der Waals surface area contributed by atoms with Gasteiger partial charge in [-0.2, -0.15) is 0 Å². The average Bonchev–Trinajstić information content (AvgIpc) is 2.58. The highest BCUT2D eigenvalue weighted by molar-refractivity contribution is 4.85. The molecule has 0 aromatic rings. The summed E-state index contributed by atoms with van der Waals surface area (Å²) in [6.45, 7) is 2.22. The molecule has 0 bridgehead atoms. The lowest BCUT2D eigenvalue weighted by atomic mass is 10.1. The number of unbranched alkanes of at least 4 members (excludes halogenated alkanes) is 3. The van der Waals surface area contributed by atoms with E-state index in [0.29, 0.717) is 0 Å². The van der Waals surface area contributed by atoms with Crippen molar-refractivity contribution >= 4 is 0 Å². The van der Waals surface area contributed by atoms with Crippen LogP contribution in [0, 0.1) is 0 Å². The topological polar surface area (TPSA) is 29.5 Å². The first-order valence-electron chi connectivity index (χ1n) is 5.81. The molecule has 2 heteroatoms. The lowest BCUT2D eigenvalue weighted by Crippen LogP contribution is -2.08. The third-order valence-corrected chi connectivity index (χ3v) is 2.63. The van der Waals surface area contributed by atoms with Gasteiger partial charge in [-0.3, -0.25) is 0 Å². The Morgan fingerprint density at radius 3 is 2.79 bits per heavy atom. The van der Waals surface area contributed by atoms with E-state index in [9.17, 15) is 0 Å². The molecule has 1 fully saturated rings. The maximum absolute atomic E-state index is 9.13. The minimum atomic E-state index is -0.506. The quantitative estimate of drug-likeness (QED) is 0.525. The highest BCUT2D eigenvalue weighted by Gasteiger charge is 2.21. The van der Waals surface area contributed by atoms with Crippen molar-refractivity contribution < 1.29 is 9.84 Å². The molecule has 2 atom stereocenters. The molecule has 0 aliphatic carbocycles. The van der Waals surface area contributed by atoms with Crippen molar-refractivity contribution in [2.24, 2.45) is 0 Å². The first-order chi connectivity index (χ1) is 6.83. The lowest BCUT2D eigenvalue weighted by Gasteiger charge is -2.06. The Bertz CT molecular complexity index is 166. The Morgan fingerprint density at radius 1 is 1.29 bits per heavy atom. The van der Waals surface area contributed by atoms with E-state index >= 15 is 0 Å². The summed E-state index contributed by atoms with van der Waals surface area (Å²) in [5, 5.41) is 9.13. The number of ether oxygens (including phenoxy) is 1. The second-order valence-electron chi connectivity index (χ2n) is 3.99. The highest BCUT2D eigenvalue weighted by atomic mass is 16.6. The zero-order valence-electron chi connectivity index (χ0n) is 9.11. The first-order valence-corrected chi connectivity index (χ1v) is 5.81. The van der Waals surface area contributed by atoms with E-state index in [1.54, 1.807) is 0 Å². The largest absolute Gasteiger partial charge is 0.368 e. The molecule has 0 aromatic heterocycles. The third-order valence-electron chi connectivity index (χ3n) is 2.63. The van der Waals surface area contributed by atoms with Crippen molar-refractivity contribution in [3.05, 3.63) is 12.2 Å². The normalized spacial score (nSPS) is 27.6. The number of allylic oxidation sites excluding steroid dienone is 1. The molecule has 1 aliphatic heterocycles. The number of hydrogen-bond donors (Lipinski definition) is 1. The van der Waals surface area contributed by atoms with Gasteiger partial charge in [-0.05, 0) is 25.7 Å². The van der Waals surface area contributed by atoms with E-state index in [1.807, 2.05) is 0 Å². The Hall–Kier alpha value is -0.340. The van der Waals surface area contributed by atoms with Crippen molar-refractivity contribution in [2.45, 2.75) is 64.3 Å². The number of aliphatic hydroxyl groups excluding tert-OH is 1. The maximum Gasteiger partial charge on any atom is 0.155 e. The number of aliphatic hydroxyl groups is 1. The van der Waals surface area contributed by atoms with Gasteiger partial charge in [-0.1, -0.05) is 31.9 Å². The van der Waals surface area contributed by atoms with Crippen LogP contribution >= 0.6 is 0 Å². The zero-order chi connectivity index (χ0) is 10.2. The minimum Gasteiger partial charge on any atom is -0.368 e. The van der Waals surface area contributed by atoms with E-state index in [4.69, 9.17) is 9.84 Å². The summed E-state index contributed by atoms with van der Waals surface area (Å²) in [5.74, 6) is 0. The fourth-order valence-electron chi connectivity index (χ4n) is 1.74. The molecule has 82 valence electrons. The smallest absolute Gasteiger partial charge is 0.155 e. The Kier molecular flexibility index (Phi) is 5.88. The van der Waals surface area contributed by atoms with Gasteiger partial charge in [0.25, 0.3) is 0 Å². The summed E-state index contributed by atoms with van der Waals surface area (Å²) in [5.41, 5.74) is 0. The molecule has 0 saturated carbocycles. The van der Waals surface area contributed by atoms with Crippen molar-refractivity contribution in [3.8, 4) is 0 Å². The molecule has 14 heavy (non-hydrogen) atoms. The van der Waals surface area contributed by atoms with Crippen LogP contribution in [0.4, 0.5) is 0 Å². The van der Waals surface area contributed by atoms with Gasteiger partial charge in [0.1, 0.15) is 0 Å². The van der Waals surface area contributed by atoms with E-state index < -0.39 is 6.29 Å². The molecule has 1 aliphatic rings. The fraction of sp³-hybridized carbons (Fsp3) is 0.833. The number of rotatable bonds is 6. The van der Waals surface area contributed by atoms with Gasteiger partial charge in [-0.25, -0.2) is 0 Å². The Labute approximate surface area is 87.0 Å². The van der Waals surface area contributed by atoms with Crippen LogP contribution in [0.15, 0.2) is 12.2 Å². The summed E-state index contributed by atoms with van der Waals surface area (Å²) in [7, 11) is 0. The molecule has 0 aromatic carbocycles. The summed E-state index contributed by atoms with van der Waals surface area (Å²) < 4.78 is 5.29. The van der Waals surface area contributed by atoms with Crippen LogP contribution in [0.2, 0.25) is 0 Å². The lowest BCUT2D eigenvalue weighted by molar-refractivity contribution is -0.0889. The second-order valence-corrected chi connectivity index (χ2v) is 3.99. The van der Waals surface area contributed by atoms with Gasteiger partial charge in [0.2, 0.25) is 0 Å². The molecule has 1 N–H and O–H groups in total. The van der Waals surface area contributed by atoms with Gasteiger partial charge < -0.3 is 9.84 Å². The predicted octanol–water partition coefficient (Wildman–Crippen LogP) is 3.01. The molecule has 2 unspecified atom stereocenters. The molecule has 2 nitrogen and oxygen atoms in total. The van der Waals surface area contributed by atoms with Crippen molar-refractivity contribution in [2.75, 3.05) is 0 Å². The molecule has 0 spiro atoms. The maximum atomic E-state index is 9.13. The molecule has 1 heterocycles. The summed E-state index contributed by atoms with van der Waals surface area (Å²) in [6.07, 6.45) is 12.0. The third kappa shape index (κ3) is 4.77. The molecule has 0 amide bonds. The van der Waals surface area contributed by atoms with Gasteiger partial charge in [0, 0.05) is 6.42 Å². The van der Waals surface area contributed by atoms with Gasteiger partial charge in [0.05, 0.1) is 6.10 Å². The standard InChI is InChI=1S/C12H22O2/c1-2-3-4-5-6-7-8-11-9-10-12(13)14-11/h6-7,11-13H,2-5,8-10H2,1H3. The van der Waals surface area contributed by atoms with Crippen LogP contribution in [0.5, 0.6) is 0 Å². The van der Waals surface area contributed by atoms with Crippen molar-refractivity contribution in [1.82, 2.24) is 0 Å². The predicted molar refractivity (Wildman–Crippen MR) is 58.0 cm³/mol. The van der Waals surface area contributed by atoms with Crippen LogP contribution in [0.1, 0.15) is 51.9 Å². The van der Waals surface area contributed by atoms with E-state index in [0.717, 1.165) is 19.3 Å². The van der Waals surface area contributed by atoms with Gasteiger partial charge >= 0.3 is 0 Å². The minimum absolute atomic E-state index is 0.257. The Balaban J connectivity index is 1.97. The van der Waals surface area contributed by atoms with E-state index in [-0.39, 0.29) is 6.10 Å². The zero-order valence-corrected chi connectivity index (χ0v) is 9.11. The number of hydrogen-bond acceptors (Lipinski definition) is 2. The first kappa shape index (κ1) is 11.7. The SMILES string of the molecule is CCCCCC=CCC1CCC(O)O1. The van der Waals surface area contributed by atoms with Gasteiger partial charge in [-0.15, -0.1) is 0 Å². The highest BCUT2D eigenvalue weighted by Crippen LogP contribution is 2.20. The second kappa shape index (κ2) is 7.02. The van der Waals surface area contributed by atoms with Crippen LogP contribution in [-0.2, 0) is 4.74 Å². The fourth-order valence-corrected chi connectivity index (χ4v) is 1.74. The van der Waals surface area contributed by atoms with E-state index in [2.05, 4.69) is 19.1 Å². The van der Waals surface area contributed by atoms with Crippen LogP contribution in [-0.4, -0.2) is 17.5 Å². The van der Waals surface area contributed by atoms with E-state index in [1.165, 1.54) is 25.7 Å². The van der Waals surface area contributed by atoms with Crippen LogP contribution in [0.3, 0.4) is 0 Å². The molecular formula is C12H22O2. The molecule has 0 radical (unpaired) electrons. The average molecular weight is 198 g/mol. The van der Waals surface area contributed by atoms with Crippen LogP contribution < -0.4 is 0 Å². The molecule has 1 rings (SSSR count). The molecule has 1 saturated heterocycles.